The summed E-state index contributed by atoms with van der Waals surface area (Å²) in [4.78, 5) is 4.06. The zero-order chi connectivity index (χ0) is 12.4. The maximum atomic E-state index is 10.2. The predicted molar refractivity (Wildman–Crippen MR) is 72.5 cm³/mol. The Bertz CT molecular complexity index is 531. The fourth-order valence-corrected chi connectivity index (χ4v) is 2.20. The highest BCUT2D eigenvalue weighted by molar-refractivity contribution is 9.10. The summed E-state index contributed by atoms with van der Waals surface area (Å²) in [5.41, 5.74) is 1.29. The lowest BCUT2D eigenvalue weighted by Crippen LogP contribution is -2.01. The SMILES string of the molecule is OC(c1ccc(Br)nc1)c1ccc(Cl)cc1Cl. The van der Waals surface area contributed by atoms with Crippen LogP contribution < -0.4 is 0 Å². The van der Waals surface area contributed by atoms with Crippen LogP contribution in [0.3, 0.4) is 0 Å². The normalized spacial score (nSPS) is 12.5. The van der Waals surface area contributed by atoms with E-state index in [2.05, 4.69) is 20.9 Å². The van der Waals surface area contributed by atoms with Crippen LogP contribution in [0.25, 0.3) is 0 Å². The summed E-state index contributed by atoms with van der Waals surface area (Å²) in [5, 5.41) is 11.2. The Kier molecular flexibility index (Phi) is 4.05. The molecule has 1 N–H and O–H groups in total. The molecule has 5 heteroatoms. The van der Waals surface area contributed by atoms with Gasteiger partial charge in [0.2, 0.25) is 0 Å². The van der Waals surface area contributed by atoms with Gasteiger partial charge in [0.15, 0.2) is 0 Å². The van der Waals surface area contributed by atoms with Crippen molar-refractivity contribution in [1.29, 1.82) is 0 Å². The van der Waals surface area contributed by atoms with Crippen molar-refractivity contribution in [3.05, 3.63) is 62.3 Å². The van der Waals surface area contributed by atoms with Crippen LogP contribution in [-0.2, 0) is 0 Å². The Hall–Kier alpha value is -0.610. The van der Waals surface area contributed by atoms with Crippen LogP contribution in [0.5, 0.6) is 0 Å². The van der Waals surface area contributed by atoms with Crippen molar-refractivity contribution in [1.82, 2.24) is 4.98 Å². The number of aliphatic hydroxyl groups excluding tert-OH is 1. The Morgan fingerprint density at radius 3 is 2.53 bits per heavy atom. The standard InChI is InChI=1S/C12H8BrCl2NO/c13-11-4-1-7(6-16-11)12(17)9-3-2-8(14)5-10(9)15/h1-6,12,17H. The van der Waals surface area contributed by atoms with Crippen LogP contribution in [0, 0.1) is 0 Å². The molecule has 88 valence electrons. The molecule has 1 aromatic heterocycles. The van der Waals surface area contributed by atoms with Crippen molar-refractivity contribution in [3.8, 4) is 0 Å². The van der Waals surface area contributed by atoms with E-state index in [1.54, 1.807) is 36.5 Å². The molecule has 1 aromatic carbocycles. The number of hydrogen-bond acceptors (Lipinski definition) is 2. The zero-order valence-electron chi connectivity index (χ0n) is 8.57. The molecule has 1 heterocycles. The van der Waals surface area contributed by atoms with Gasteiger partial charge in [0.05, 0.1) is 0 Å². The second-order valence-corrected chi connectivity index (χ2v) is 5.14. The number of halogens is 3. The summed E-state index contributed by atoms with van der Waals surface area (Å²) in [5.74, 6) is 0. The quantitative estimate of drug-likeness (QED) is 0.835. The van der Waals surface area contributed by atoms with Crippen molar-refractivity contribution in [2.45, 2.75) is 6.10 Å². The second kappa shape index (κ2) is 5.36. The third-order valence-electron chi connectivity index (χ3n) is 2.32. The molecule has 1 atom stereocenters. The molecule has 0 bridgehead atoms. The van der Waals surface area contributed by atoms with Crippen molar-refractivity contribution < 1.29 is 5.11 Å². The molecule has 0 saturated carbocycles. The van der Waals surface area contributed by atoms with E-state index in [9.17, 15) is 5.11 Å². The Morgan fingerprint density at radius 1 is 1.18 bits per heavy atom. The lowest BCUT2D eigenvalue weighted by atomic mass is 10.0. The molecular formula is C12H8BrCl2NO. The number of nitrogens with zero attached hydrogens (tertiary/aromatic N) is 1. The van der Waals surface area contributed by atoms with E-state index >= 15 is 0 Å². The third kappa shape index (κ3) is 2.99. The van der Waals surface area contributed by atoms with Crippen LogP contribution >= 0.6 is 39.1 Å². The molecule has 0 fully saturated rings. The number of benzene rings is 1. The molecule has 0 aliphatic carbocycles. The van der Waals surface area contributed by atoms with Crippen LogP contribution in [0.4, 0.5) is 0 Å². The molecule has 17 heavy (non-hydrogen) atoms. The third-order valence-corrected chi connectivity index (χ3v) is 3.35. The highest BCUT2D eigenvalue weighted by atomic mass is 79.9. The summed E-state index contributed by atoms with van der Waals surface area (Å²) in [6.45, 7) is 0. The molecule has 2 rings (SSSR count). The van der Waals surface area contributed by atoms with E-state index in [0.29, 0.717) is 21.2 Å². The molecule has 0 aliphatic rings. The smallest absolute Gasteiger partial charge is 0.107 e. The first-order valence-electron chi connectivity index (χ1n) is 4.82. The van der Waals surface area contributed by atoms with Crippen LogP contribution in [0.1, 0.15) is 17.2 Å². The van der Waals surface area contributed by atoms with Gasteiger partial charge >= 0.3 is 0 Å². The minimum absolute atomic E-state index is 0.438. The molecule has 0 amide bonds. The molecule has 0 aliphatic heterocycles. The van der Waals surface area contributed by atoms with Crippen molar-refractivity contribution in [3.63, 3.8) is 0 Å². The van der Waals surface area contributed by atoms with Crippen LogP contribution in [0.15, 0.2) is 41.1 Å². The van der Waals surface area contributed by atoms with Gasteiger partial charge in [-0.3, -0.25) is 0 Å². The van der Waals surface area contributed by atoms with Gasteiger partial charge < -0.3 is 5.11 Å². The van der Waals surface area contributed by atoms with E-state index < -0.39 is 6.10 Å². The first-order chi connectivity index (χ1) is 8.08. The summed E-state index contributed by atoms with van der Waals surface area (Å²) < 4.78 is 0.718. The zero-order valence-corrected chi connectivity index (χ0v) is 11.7. The fourth-order valence-electron chi connectivity index (χ4n) is 1.45. The van der Waals surface area contributed by atoms with Gasteiger partial charge in [0.1, 0.15) is 10.7 Å². The van der Waals surface area contributed by atoms with Crippen molar-refractivity contribution in [2.75, 3.05) is 0 Å². The minimum atomic E-state index is -0.805. The summed E-state index contributed by atoms with van der Waals surface area (Å²) in [7, 11) is 0. The maximum Gasteiger partial charge on any atom is 0.107 e. The van der Waals surface area contributed by atoms with Crippen molar-refractivity contribution >= 4 is 39.1 Å². The Labute approximate surface area is 117 Å². The van der Waals surface area contributed by atoms with Gasteiger partial charge in [0.25, 0.3) is 0 Å². The van der Waals surface area contributed by atoms with Gasteiger partial charge in [-0.15, -0.1) is 0 Å². The summed E-state index contributed by atoms with van der Waals surface area (Å²) in [6.07, 6.45) is 0.792. The largest absolute Gasteiger partial charge is 0.384 e. The number of pyridine rings is 1. The molecule has 0 spiro atoms. The fraction of sp³-hybridized carbons (Fsp3) is 0.0833. The Balaban J connectivity index is 2.36. The number of hydrogen-bond donors (Lipinski definition) is 1. The van der Waals surface area contributed by atoms with Crippen LogP contribution in [0.2, 0.25) is 10.0 Å². The van der Waals surface area contributed by atoms with Gasteiger partial charge in [-0.2, -0.15) is 0 Å². The number of aliphatic hydroxyl groups is 1. The summed E-state index contributed by atoms with van der Waals surface area (Å²) >= 11 is 15.1. The molecule has 0 saturated heterocycles. The number of rotatable bonds is 2. The molecule has 2 aromatic rings. The van der Waals surface area contributed by atoms with Gasteiger partial charge in [-0.1, -0.05) is 35.3 Å². The van der Waals surface area contributed by atoms with Crippen LogP contribution in [-0.4, -0.2) is 10.1 Å². The molecular weight excluding hydrogens is 325 g/mol. The highest BCUT2D eigenvalue weighted by Crippen LogP contribution is 2.30. The van der Waals surface area contributed by atoms with E-state index in [0.717, 1.165) is 4.60 Å². The maximum absolute atomic E-state index is 10.2. The lowest BCUT2D eigenvalue weighted by molar-refractivity contribution is 0.220. The monoisotopic (exact) mass is 331 g/mol. The van der Waals surface area contributed by atoms with E-state index in [-0.39, 0.29) is 0 Å². The van der Waals surface area contributed by atoms with Crippen molar-refractivity contribution in [2.24, 2.45) is 0 Å². The van der Waals surface area contributed by atoms with E-state index in [4.69, 9.17) is 23.2 Å². The highest BCUT2D eigenvalue weighted by Gasteiger charge is 2.14. The molecule has 2 nitrogen and oxygen atoms in total. The summed E-state index contributed by atoms with van der Waals surface area (Å²) in [6, 6.07) is 8.55. The average Bonchev–Trinajstić information content (AvgIpc) is 2.29. The van der Waals surface area contributed by atoms with E-state index in [1.165, 1.54) is 0 Å². The topological polar surface area (TPSA) is 33.1 Å². The molecule has 1 unspecified atom stereocenters. The number of aromatic nitrogens is 1. The van der Waals surface area contributed by atoms with Gasteiger partial charge in [-0.25, -0.2) is 4.98 Å². The van der Waals surface area contributed by atoms with E-state index in [1.807, 2.05) is 0 Å². The van der Waals surface area contributed by atoms with Gasteiger partial charge in [-0.05, 0) is 34.1 Å². The molecule has 0 radical (unpaired) electrons. The lowest BCUT2D eigenvalue weighted by Gasteiger charge is -2.13. The Morgan fingerprint density at radius 2 is 1.94 bits per heavy atom. The second-order valence-electron chi connectivity index (χ2n) is 3.48. The first-order valence-corrected chi connectivity index (χ1v) is 6.37. The minimum Gasteiger partial charge on any atom is -0.384 e. The van der Waals surface area contributed by atoms with Gasteiger partial charge in [0, 0.05) is 27.4 Å². The first kappa shape index (κ1) is 12.8. The average molecular weight is 333 g/mol. The predicted octanol–water partition coefficient (Wildman–Crippen LogP) is 4.23.